The Morgan fingerprint density at radius 3 is 2.90 bits per heavy atom. The van der Waals surface area contributed by atoms with Crippen molar-refractivity contribution in [3.63, 3.8) is 0 Å². The van der Waals surface area contributed by atoms with Gasteiger partial charge in [0.05, 0.1) is 11.7 Å². The molecule has 4 nitrogen and oxygen atoms in total. The fraction of sp³-hybridized carbons (Fsp3) is 0.231. The van der Waals surface area contributed by atoms with Crippen molar-refractivity contribution in [3.05, 3.63) is 46.4 Å². The Labute approximate surface area is 118 Å². The van der Waals surface area contributed by atoms with E-state index in [1.54, 1.807) is 10.8 Å². The zero-order valence-electron chi connectivity index (χ0n) is 10.6. The smallest absolute Gasteiger partial charge is 0.214 e. The number of rotatable bonds is 3. The molecule has 0 aliphatic carbocycles. The second-order valence-electron chi connectivity index (χ2n) is 4.37. The Morgan fingerprint density at radius 1 is 1.40 bits per heavy atom. The van der Waals surface area contributed by atoms with Gasteiger partial charge in [0.2, 0.25) is 5.89 Å². The van der Waals surface area contributed by atoms with Crippen LogP contribution in [0.5, 0.6) is 0 Å². The SMILES string of the molecule is CCc1cnc(Cn2c(=S)[nH]c3c(F)cc(F)cc32)o1. The quantitative estimate of drug-likeness (QED) is 0.751. The lowest BCUT2D eigenvalue weighted by atomic mass is 10.3. The third-order valence-corrected chi connectivity index (χ3v) is 3.37. The van der Waals surface area contributed by atoms with Crippen LogP contribution in [0.3, 0.4) is 0 Å². The van der Waals surface area contributed by atoms with Crippen molar-refractivity contribution in [1.82, 2.24) is 14.5 Å². The van der Waals surface area contributed by atoms with E-state index >= 15 is 0 Å². The minimum atomic E-state index is -0.675. The lowest BCUT2D eigenvalue weighted by Crippen LogP contribution is -2.00. The highest BCUT2D eigenvalue weighted by atomic mass is 32.1. The van der Waals surface area contributed by atoms with Gasteiger partial charge in [-0.05, 0) is 18.3 Å². The van der Waals surface area contributed by atoms with E-state index in [9.17, 15) is 8.78 Å². The molecule has 0 atom stereocenters. The first kappa shape index (κ1) is 13.0. The summed E-state index contributed by atoms with van der Waals surface area (Å²) >= 11 is 5.14. The molecule has 2 heterocycles. The molecule has 0 radical (unpaired) electrons. The van der Waals surface area contributed by atoms with E-state index in [1.807, 2.05) is 6.92 Å². The van der Waals surface area contributed by atoms with Gasteiger partial charge in [0, 0.05) is 12.5 Å². The topological polar surface area (TPSA) is 46.8 Å². The fourth-order valence-corrected chi connectivity index (χ4v) is 2.32. The van der Waals surface area contributed by atoms with Gasteiger partial charge in [0.15, 0.2) is 10.6 Å². The molecule has 0 aliphatic heterocycles. The average Bonchev–Trinajstić information content (AvgIpc) is 2.97. The number of fused-ring (bicyclic) bond motifs is 1. The molecule has 3 aromatic rings. The highest BCUT2D eigenvalue weighted by Gasteiger charge is 2.13. The highest BCUT2D eigenvalue weighted by Crippen LogP contribution is 2.20. The van der Waals surface area contributed by atoms with Gasteiger partial charge in [-0.15, -0.1) is 0 Å². The van der Waals surface area contributed by atoms with Crippen LogP contribution < -0.4 is 0 Å². The van der Waals surface area contributed by atoms with Crippen molar-refractivity contribution < 1.29 is 13.2 Å². The molecule has 0 saturated carbocycles. The third kappa shape index (κ3) is 2.14. The van der Waals surface area contributed by atoms with Gasteiger partial charge in [-0.1, -0.05) is 6.92 Å². The first-order chi connectivity index (χ1) is 9.58. The monoisotopic (exact) mass is 295 g/mol. The minimum absolute atomic E-state index is 0.179. The summed E-state index contributed by atoms with van der Waals surface area (Å²) < 4.78 is 34.4. The van der Waals surface area contributed by atoms with E-state index in [0.717, 1.165) is 18.2 Å². The molecule has 0 fully saturated rings. The Bertz CT molecular complexity index is 834. The molecule has 0 saturated heterocycles. The molecule has 0 unspecified atom stereocenters. The molecule has 0 aliphatic rings. The van der Waals surface area contributed by atoms with Crippen LogP contribution in [-0.2, 0) is 13.0 Å². The Hall–Kier alpha value is -2.02. The lowest BCUT2D eigenvalue weighted by Gasteiger charge is -2.01. The van der Waals surface area contributed by atoms with Crippen LogP contribution >= 0.6 is 12.2 Å². The van der Waals surface area contributed by atoms with Gasteiger partial charge in [0.1, 0.15) is 23.6 Å². The van der Waals surface area contributed by atoms with Crippen LogP contribution in [0.1, 0.15) is 18.6 Å². The summed E-state index contributed by atoms with van der Waals surface area (Å²) in [5.41, 5.74) is 0.530. The van der Waals surface area contributed by atoms with Gasteiger partial charge in [-0.3, -0.25) is 0 Å². The molecule has 0 amide bonds. The number of nitrogens with one attached hydrogen (secondary N) is 1. The summed E-state index contributed by atoms with van der Waals surface area (Å²) in [6, 6.07) is 2.05. The zero-order chi connectivity index (χ0) is 14.3. The second kappa shape index (κ2) is 4.82. The summed E-state index contributed by atoms with van der Waals surface area (Å²) in [5, 5.41) is 0. The van der Waals surface area contributed by atoms with E-state index in [1.165, 1.54) is 6.07 Å². The van der Waals surface area contributed by atoms with E-state index in [4.69, 9.17) is 16.6 Å². The maximum atomic E-state index is 13.7. The van der Waals surface area contributed by atoms with Crippen LogP contribution in [0.4, 0.5) is 8.78 Å². The predicted molar refractivity (Wildman–Crippen MR) is 72.0 cm³/mol. The molecule has 0 bridgehead atoms. The van der Waals surface area contributed by atoms with Gasteiger partial charge in [0.25, 0.3) is 0 Å². The number of hydrogen-bond acceptors (Lipinski definition) is 3. The van der Waals surface area contributed by atoms with E-state index in [-0.39, 0.29) is 12.1 Å². The molecule has 3 rings (SSSR count). The number of benzene rings is 1. The van der Waals surface area contributed by atoms with Crippen molar-refractivity contribution >= 4 is 23.3 Å². The molecular weight excluding hydrogens is 284 g/mol. The van der Waals surface area contributed by atoms with Crippen LogP contribution in [0.2, 0.25) is 0 Å². The highest BCUT2D eigenvalue weighted by molar-refractivity contribution is 7.71. The Kier molecular flexibility index (Phi) is 3.13. The van der Waals surface area contributed by atoms with E-state index in [0.29, 0.717) is 16.2 Å². The minimum Gasteiger partial charge on any atom is -0.444 e. The third-order valence-electron chi connectivity index (χ3n) is 3.05. The Morgan fingerprint density at radius 2 is 2.20 bits per heavy atom. The summed E-state index contributed by atoms with van der Waals surface area (Å²) in [6.45, 7) is 2.17. The molecule has 20 heavy (non-hydrogen) atoms. The summed E-state index contributed by atoms with van der Waals surface area (Å²) in [7, 11) is 0. The van der Waals surface area contributed by atoms with Crippen molar-refractivity contribution in [1.29, 1.82) is 0 Å². The van der Waals surface area contributed by atoms with Gasteiger partial charge < -0.3 is 14.0 Å². The van der Waals surface area contributed by atoms with Crippen molar-refractivity contribution in [2.75, 3.05) is 0 Å². The predicted octanol–water partition coefficient (Wildman–Crippen LogP) is 3.58. The van der Waals surface area contributed by atoms with Crippen molar-refractivity contribution in [2.24, 2.45) is 0 Å². The standard InChI is InChI=1S/C13H11F2N3OS/c1-2-8-5-16-11(19-8)6-18-10-4-7(14)3-9(15)12(10)17-13(18)20/h3-5H,2,6H2,1H3,(H,17,20). The molecule has 104 valence electrons. The van der Waals surface area contributed by atoms with Crippen LogP contribution in [0.25, 0.3) is 11.0 Å². The summed E-state index contributed by atoms with van der Waals surface area (Å²) in [5.74, 6) is -0.127. The maximum Gasteiger partial charge on any atom is 0.214 e. The first-order valence-electron chi connectivity index (χ1n) is 6.09. The fourth-order valence-electron chi connectivity index (χ4n) is 2.06. The summed E-state index contributed by atoms with van der Waals surface area (Å²) in [4.78, 5) is 6.85. The van der Waals surface area contributed by atoms with Crippen LogP contribution in [0, 0.1) is 16.4 Å². The van der Waals surface area contributed by atoms with E-state index in [2.05, 4.69) is 9.97 Å². The van der Waals surface area contributed by atoms with Crippen LogP contribution in [-0.4, -0.2) is 14.5 Å². The van der Waals surface area contributed by atoms with Crippen LogP contribution in [0.15, 0.2) is 22.7 Å². The number of halogens is 2. The number of oxazole rings is 1. The largest absolute Gasteiger partial charge is 0.444 e. The van der Waals surface area contributed by atoms with Gasteiger partial charge in [-0.25, -0.2) is 13.8 Å². The number of aromatic amines is 1. The molecule has 7 heteroatoms. The number of aryl methyl sites for hydroxylation is 1. The first-order valence-corrected chi connectivity index (χ1v) is 6.50. The Balaban J connectivity index is 2.11. The zero-order valence-corrected chi connectivity index (χ0v) is 11.4. The molecule has 0 spiro atoms. The molecule has 2 aromatic heterocycles. The second-order valence-corrected chi connectivity index (χ2v) is 4.76. The van der Waals surface area contributed by atoms with Gasteiger partial charge >= 0.3 is 0 Å². The van der Waals surface area contributed by atoms with E-state index < -0.39 is 11.6 Å². The maximum absolute atomic E-state index is 13.7. The lowest BCUT2D eigenvalue weighted by molar-refractivity contribution is 0.447. The number of aromatic nitrogens is 3. The van der Waals surface area contributed by atoms with Crippen molar-refractivity contribution in [2.45, 2.75) is 19.9 Å². The van der Waals surface area contributed by atoms with Crippen molar-refractivity contribution in [3.8, 4) is 0 Å². The normalized spacial score (nSPS) is 11.3. The molecular formula is C13H11F2N3OS. The molecule has 1 aromatic carbocycles. The van der Waals surface area contributed by atoms with Gasteiger partial charge in [-0.2, -0.15) is 0 Å². The average molecular weight is 295 g/mol. The number of nitrogens with zero attached hydrogens (tertiary/aromatic N) is 2. The number of imidazole rings is 1. The number of H-pyrrole nitrogens is 1. The number of hydrogen-bond donors (Lipinski definition) is 1. The summed E-state index contributed by atoms with van der Waals surface area (Å²) in [6.07, 6.45) is 2.37. The molecule has 1 N–H and O–H groups in total.